The number of aliphatic carboxylic acids is 1. The second-order valence-electron chi connectivity index (χ2n) is 1.95. The van der Waals surface area contributed by atoms with Gasteiger partial charge < -0.3 is 16.6 Å². The van der Waals surface area contributed by atoms with E-state index in [1.54, 1.807) is 0 Å². The van der Waals surface area contributed by atoms with Crippen LogP contribution in [0.3, 0.4) is 0 Å². The molecule has 0 radical (unpaired) electrons. The van der Waals surface area contributed by atoms with Crippen LogP contribution in [0.2, 0.25) is 0 Å². The van der Waals surface area contributed by atoms with Crippen molar-refractivity contribution in [3.63, 3.8) is 0 Å². The zero-order chi connectivity index (χ0) is 8.15. The summed E-state index contributed by atoms with van der Waals surface area (Å²) in [6.45, 7) is 0. The van der Waals surface area contributed by atoms with E-state index >= 15 is 0 Å². The summed E-state index contributed by atoms with van der Waals surface area (Å²) in [5.41, 5.74) is 9.81. The van der Waals surface area contributed by atoms with Crippen LogP contribution >= 0.6 is 0 Å². The summed E-state index contributed by atoms with van der Waals surface area (Å²) in [5.74, 6) is -1.64. The molecule has 0 aliphatic rings. The molecular weight excluding hydrogens is 182 g/mol. The van der Waals surface area contributed by atoms with Crippen LogP contribution in [-0.4, -0.2) is 82.1 Å². The fraction of sp³-hybridized carbons (Fsp3) is 0.600. The van der Waals surface area contributed by atoms with Gasteiger partial charge in [-0.25, -0.2) is 0 Å². The van der Waals surface area contributed by atoms with E-state index in [4.69, 9.17) is 16.6 Å². The number of primary amides is 1. The van der Waals surface area contributed by atoms with Crippen molar-refractivity contribution in [3.05, 3.63) is 0 Å². The zero-order valence-corrected chi connectivity index (χ0v) is 5.41. The average Bonchev–Trinajstić information content (AvgIpc) is 1.82. The van der Waals surface area contributed by atoms with E-state index in [-0.39, 0.29) is 72.0 Å². The Bertz CT molecular complexity index is 154. The van der Waals surface area contributed by atoms with Gasteiger partial charge in [0.1, 0.15) is 6.04 Å². The summed E-state index contributed by atoms with van der Waals surface area (Å²) in [6, 6.07) is -0.979. The van der Waals surface area contributed by atoms with Crippen molar-refractivity contribution in [2.45, 2.75) is 18.9 Å². The van der Waals surface area contributed by atoms with Crippen LogP contribution in [0.4, 0.5) is 0 Å². The van der Waals surface area contributed by atoms with Crippen molar-refractivity contribution >= 4 is 71.0 Å². The summed E-state index contributed by atoms with van der Waals surface area (Å²) in [6.07, 6.45) is 0.123. The molecule has 0 aromatic carbocycles. The van der Waals surface area contributed by atoms with Crippen LogP contribution in [0.25, 0.3) is 0 Å². The van der Waals surface area contributed by atoms with Gasteiger partial charge >= 0.3 is 65.1 Å². The first-order valence-corrected chi connectivity index (χ1v) is 2.80. The zero-order valence-electron chi connectivity index (χ0n) is 5.41. The fourth-order valence-electron chi connectivity index (χ4n) is 0.421. The van der Waals surface area contributed by atoms with Crippen molar-refractivity contribution in [1.29, 1.82) is 0 Å². The molecular formula is C5H12N2Na2O3. The van der Waals surface area contributed by atoms with Gasteiger partial charge in [0.25, 0.3) is 0 Å². The normalized spacial score (nSPS) is 10.4. The Labute approximate surface area is 115 Å². The van der Waals surface area contributed by atoms with E-state index in [2.05, 4.69) is 0 Å². The number of carbonyl (C=O) groups excluding carboxylic acids is 1. The summed E-state index contributed by atoms with van der Waals surface area (Å²) in [4.78, 5) is 20.1. The van der Waals surface area contributed by atoms with E-state index in [1.165, 1.54) is 0 Å². The molecule has 0 spiro atoms. The van der Waals surface area contributed by atoms with E-state index in [0.717, 1.165) is 0 Å². The minimum atomic E-state index is -1.11. The van der Waals surface area contributed by atoms with E-state index in [0.29, 0.717) is 0 Å². The van der Waals surface area contributed by atoms with Gasteiger partial charge in [0.2, 0.25) is 5.91 Å². The molecule has 0 aromatic heterocycles. The van der Waals surface area contributed by atoms with Crippen molar-refractivity contribution in [1.82, 2.24) is 0 Å². The standard InChI is InChI=1S/C5H10N2O3.2Na.2H/c6-3(5(9)10)1-2-4(7)8;;;;/h3H,1-2,6H2,(H2,7,8)(H,9,10);;;;. The van der Waals surface area contributed by atoms with Crippen molar-refractivity contribution < 1.29 is 14.7 Å². The predicted molar refractivity (Wildman–Crippen MR) is 48.3 cm³/mol. The molecule has 5 N–H and O–H groups in total. The Balaban J connectivity index is -0.000000405. The molecule has 1 atom stereocenters. The number of hydrogen-bond donors (Lipinski definition) is 3. The van der Waals surface area contributed by atoms with Crippen LogP contribution < -0.4 is 11.5 Å². The van der Waals surface area contributed by atoms with Crippen LogP contribution in [-0.2, 0) is 9.59 Å². The van der Waals surface area contributed by atoms with Gasteiger partial charge in [-0.05, 0) is 6.42 Å². The average molecular weight is 194 g/mol. The molecule has 0 heterocycles. The van der Waals surface area contributed by atoms with Crippen LogP contribution in [0.1, 0.15) is 12.8 Å². The van der Waals surface area contributed by atoms with Crippen LogP contribution in [0.15, 0.2) is 0 Å². The molecule has 0 fully saturated rings. The number of carbonyl (C=O) groups is 2. The molecule has 0 saturated carbocycles. The molecule has 12 heavy (non-hydrogen) atoms. The Morgan fingerprint density at radius 3 is 2.00 bits per heavy atom. The van der Waals surface area contributed by atoms with Crippen LogP contribution in [0, 0.1) is 0 Å². The fourth-order valence-corrected chi connectivity index (χ4v) is 0.421. The summed E-state index contributed by atoms with van der Waals surface area (Å²) in [7, 11) is 0. The van der Waals surface area contributed by atoms with E-state index in [1.807, 2.05) is 0 Å². The van der Waals surface area contributed by atoms with Gasteiger partial charge in [0, 0.05) is 6.42 Å². The third-order valence-corrected chi connectivity index (χ3v) is 1.02. The molecule has 1 amide bonds. The third-order valence-electron chi connectivity index (χ3n) is 1.02. The number of hydrogen-bond acceptors (Lipinski definition) is 3. The van der Waals surface area contributed by atoms with Gasteiger partial charge in [-0.2, -0.15) is 0 Å². The van der Waals surface area contributed by atoms with Crippen molar-refractivity contribution in [3.8, 4) is 0 Å². The Morgan fingerprint density at radius 2 is 1.75 bits per heavy atom. The first-order chi connectivity index (χ1) is 4.54. The molecule has 7 heteroatoms. The Kier molecular flexibility index (Phi) is 15.5. The summed E-state index contributed by atoms with van der Waals surface area (Å²) < 4.78 is 0. The Morgan fingerprint density at radius 1 is 1.33 bits per heavy atom. The number of amides is 1. The molecule has 0 rings (SSSR count). The van der Waals surface area contributed by atoms with Gasteiger partial charge in [0.15, 0.2) is 0 Å². The second-order valence-corrected chi connectivity index (χ2v) is 1.95. The summed E-state index contributed by atoms with van der Waals surface area (Å²) in [5, 5.41) is 8.22. The molecule has 5 nitrogen and oxygen atoms in total. The predicted octanol–water partition coefficient (Wildman–Crippen LogP) is -2.63. The van der Waals surface area contributed by atoms with Gasteiger partial charge in [0.05, 0.1) is 0 Å². The Hall–Kier alpha value is 0.900. The van der Waals surface area contributed by atoms with Crippen LogP contribution in [0.5, 0.6) is 0 Å². The molecule has 0 saturated heterocycles. The molecule has 62 valence electrons. The molecule has 1 unspecified atom stereocenters. The molecule has 0 aliphatic carbocycles. The molecule has 0 aromatic rings. The number of carboxylic acids is 1. The van der Waals surface area contributed by atoms with E-state index < -0.39 is 17.9 Å². The third kappa shape index (κ3) is 10.9. The second kappa shape index (κ2) is 9.98. The number of rotatable bonds is 4. The number of nitrogens with two attached hydrogens (primary N) is 2. The first kappa shape index (κ1) is 18.6. The van der Waals surface area contributed by atoms with Crippen molar-refractivity contribution in [2.75, 3.05) is 0 Å². The molecule has 0 aliphatic heterocycles. The minimum absolute atomic E-state index is 0. The monoisotopic (exact) mass is 194 g/mol. The first-order valence-electron chi connectivity index (χ1n) is 2.80. The van der Waals surface area contributed by atoms with Gasteiger partial charge in [-0.15, -0.1) is 0 Å². The van der Waals surface area contributed by atoms with Gasteiger partial charge in [-0.1, -0.05) is 0 Å². The summed E-state index contributed by atoms with van der Waals surface area (Å²) >= 11 is 0. The van der Waals surface area contributed by atoms with E-state index in [9.17, 15) is 9.59 Å². The SMILES string of the molecule is NC(=O)CCC(N)C(=O)O.[NaH].[NaH]. The maximum atomic E-state index is 10.1. The quantitative estimate of drug-likeness (QED) is 0.425. The maximum absolute atomic E-state index is 10.1. The number of carboxylic acid groups (broad SMARTS) is 1. The molecule has 0 bridgehead atoms. The van der Waals surface area contributed by atoms with Crippen molar-refractivity contribution in [2.24, 2.45) is 11.5 Å². The topological polar surface area (TPSA) is 106 Å². The van der Waals surface area contributed by atoms with Gasteiger partial charge in [-0.3, -0.25) is 9.59 Å².